The Morgan fingerprint density at radius 1 is 0.647 bits per heavy atom. The van der Waals surface area contributed by atoms with Gasteiger partial charge in [-0.15, -0.1) is 0 Å². The van der Waals surface area contributed by atoms with E-state index in [-0.39, 0.29) is 11.0 Å². The summed E-state index contributed by atoms with van der Waals surface area (Å²) in [5.41, 5.74) is 13.6. The van der Waals surface area contributed by atoms with Crippen molar-refractivity contribution in [3.8, 4) is 11.6 Å². The van der Waals surface area contributed by atoms with E-state index in [1.807, 2.05) is 13.8 Å². The summed E-state index contributed by atoms with van der Waals surface area (Å²) in [6.07, 6.45) is 1.63. The van der Waals surface area contributed by atoms with Crippen LogP contribution in [0.15, 0.2) is 11.2 Å². The number of nitrogens with zero attached hydrogens (tertiary/aromatic N) is 2. The quantitative estimate of drug-likeness (QED) is 0.398. The second-order valence-electron chi connectivity index (χ2n) is 9.59. The summed E-state index contributed by atoms with van der Waals surface area (Å²) in [5, 5.41) is -0.216. The molecule has 0 bridgehead atoms. The molecule has 0 saturated heterocycles. The third-order valence-electron chi connectivity index (χ3n) is 7.72. The maximum absolute atomic E-state index is 12.4. The van der Waals surface area contributed by atoms with Crippen LogP contribution in [0.2, 0.25) is 0 Å². The molecule has 0 fully saturated rings. The zero-order valence-electron chi connectivity index (χ0n) is 22.3. The van der Waals surface area contributed by atoms with Gasteiger partial charge in [0.15, 0.2) is 0 Å². The van der Waals surface area contributed by atoms with Crippen molar-refractivity contribution in [2.75, 3.05) is 6.26 Å². The summed E-state index contributed by atoms with van der Waals surface area (Å²) in [6.45, 7) is 20.9. The maximum atomic E-state index is 12.4. The van der Waals surface area contributed by atoms with Crippen LogP contribution in [-0.4, -0.2) is 24.6 Å². The molecule has 34 heavy (non-hydrogen) atoms. The first-order chi connectivity index (χ1) is 15.6. The van der Waals surface area contributed by atoms with Crippen LogP contribution in [-0.2, 0) is 16.3 Å². The first kappa shape index (κ1) is 25.9. The first-order valence-corrected chi connectivity index (χ1v) is 13.4. The average molecular weight is 481 g/mol. The van der Waals surface area contributed by atoms with Crippen LogP contribution in [0.25, 0.3) is 0 Å². The third-order valence-corrected chi connectivity index (χ3v) is 8.56. The number of rotatable bonds is 5. The Hall–Kier alpha value is -2.73. The highest BCUT2D eigenvalue weighted by Gasteiger charge is 2.20. The van der Waals surface area contributed by atoms with Crippen molar-refractivity contribution in [2.24, 2.45) is 0 Å². The van der Waals surface area contributed by atoms with E-state index < -0.39 is 9.84 Å². The number of sulfone groups is 1. The molecular formula is C28H36N2O3S. The molecule has 0 radical (unpaired) electrons. The molecule has 0 N–H and O–H groups in total. The Labute approximate surface area is 204 Å². The molecular weight excluding hydrogens is 444 g/mol. The van der Waals surface area contributed by atoms with Gasteiger partial charge in [-0.1, -0.05) is 0 Å². The average Bonchev–Trinajstić information content (AvgIpc) is 2.78. The summed E-state index contributed by atoms with van der Waals surface area (Å²) in [7, 11) is -3.62. The van der Waals surface area contributed by atoms with Crippen LogP contribution in [0.4, 0.5) is 0 Å². The van der Waals surface area contributed by atoms with Crippen LogP contribution < -0.4 is 4.74 Å². The van der Waals surface area contributed by atoms with Crippen molar-refractivity contribution >= 4 is 9.84 Å². The molecule has 0 unspecified atom stereocenters. The lowest BCUT2D eigenvalue weighted by atomic mass is 9.87. The van der Waals surface area contributed by atoms with E-state index in [9.17, 15) is 8.42 Å². The molecule has 0 aliphatic rings. The van der Waals surface area contributed by atoms with Gasteiger partial charge in [-0.3, -0.25) is 0 Å². The predicted molar refractivity (Wildman–Crippen MR) is 138 cm³/mol. The Bertz CT molecular complexity index is 1270. The molecule has 2 aromatic carbocycles. The fourth-order valence-corrected chi connectivity index (χ4v) is 5.04. The molecule has 1 heterocycles. The fraction of sp³-hybridized carbons (Fsp3) is 0.429. The van der Waals surface area contributed by atoms with Gasteiger partial charge in [0.25, 0.3) is 0 Å². The highest BCUT2D eigenvalue weighted by molar-refractivity contribution is 7.90. The van der Waals surface area contributed by atoms with E-state index in [2.05, 4.69) is 65.4 Å². The highest BCUT2D eigenvalue weighted by Crippen LogP contribution is 2.35. The van der Waals surface area contributed by atoms with Gasteiger partial charge in [0.05, 0.1) is 5.69 Å². The second kappa shape index (κ2) is 9.14. The zero-order valence-corrected chi connectivity index (χ0v) is 23.1. The summed E-state index contributed by atoms with van der Waals surface area (Å²) < 4.78 is 31.2. The Morgan fingerprint density at radius 3 is 1.50 bits per heavy atom. The van der Waals surface area contributed by atoms with E-state index in [1.54, 1.807) is 6.07 Å². The number of hydrogen-bond donors (Lipinski definition) is 0. The van der Waals surface area contributed by atoms with Gasteiger partial charge in [0, 0.05) is 18.7 Å². The van der Waals surface area contributed by atoms with Crippen molar-refractivity contribution in [2.45, 2.75) is 80.8 Å². The van der Waals surface area contributed by atoms with Gasteiger partial charge in [0.1, 0.15) is 5.75 Å². The van der Waals surface area contributed by atoms with Crippen LogP contribution in [0.1, 0.15) is 66.9 Å². The first-order valence-electron chi connectivity index (χ1n) is 11.5. The molecule has 0 aliphatic heterocycles. The molecule has 5 nitrogen and oxygen atoms in total. The molecule has 0 spiro atoms. The van der Waals surface area contributed by atoms with Gasteiger partial charge in [-0.05, 0) is 130 Å². The van der Waals surface area contributed by atoms with E-state index in [0.717, 1.165) is 34.3 Å². The fourth-order valence-electron chi connectivity index (χ4n) is 4.51. The third kappa shape index (κ3) is 4.61. The summed E-state index contributed by atoms with van der Waals surface area (Å²) in [5.74, 6) is 0.967. The minimum absolute atomic E-state index is 0.216. The molecule has 182 valence electrons. The Morgan fingerprint density at radius 2 is 1.06 bits per heavy atom. The largest absolute Gasteiger partial charge is 0.438 e. The van der Waals surface area contributed by atoms with Crippen molar-refractivity contribution in [3.05, 3.63) is 73.0 Å². The molecule has 0 aliphatic carbocycles. The topological polar surface area (TPSA) is 69.2 Å². The lowest BCUT2D eigenvalue weighted by Crippen LogP contribution is -2.10. The zero-order chi connectivity index (χ0) is 25.7. The van der Waals surface area contributed by atoms with Crippen molar-refractivity contribution in [1.82, 2.24) is 9.97 Å². The Kier molecular flexibility index (Phi) is 6.96. The van der Waals surface area contributed by atoms with Gasteiger partial charge < -0.3 is 4.74 Å². The van der Waals surface area contributed by atoms with E-state index in [4.69, 9.17) is 4.74 Å². The van der Waals surface area contributed by atoms with Gasteiger partial charge in [-0.2, -0.15) is 4.98 Å². The van der Waals surface area contributed by atoms with E-state index in [0.29, 0.717) is 12.1 Å². The van der Waals surface area contributed by atoms with Gasteiger partial charge >= 0.3 is 0 Å². The normalized spacial score (nSPS) is 11.7. The number of aromatic nitrogens is 2. The van der Waals surface area contributed by atoms with E-state index in [1.165, 1.54) is 38.9 Å². The summed E-state index contributed by atoms with van der Waals surface area (Å²) in [4.78, 5) is 8.70. The minimum atomic E-state index is -3.62. The smallest absolute Gasteiger partial charge is 0.250 e. The summed E-state index contributed by atoms with van der Waals surface area (Å²) >= 11 is 0. The van der Waals surface area contributed by atoms with Crippen LogP contribution in [0, 0.1) is 69.2 Å². The number of hydrogen-bond acceptors (Lipinski definition) is 5. The minimum Gasteiger partial charge on any atom is -0.438 e. The standard InChI is InChI=1S/C28H36N2O3S/c1-14-16(3)20(7)25(21(8)17(14)4)12-24-13-26(30-28(29-24)34(11,31)32)33-27-22(9)18(5)15(2)19(6)23(27)10/h13H,12H2,1-11H3. The maximum Gasteiger partial charge on any atom is 0.250 e. The highest BCUT2D eigenvalue weighted by atomic mass is 32.2. The second-order valence-corrected chi connectivity index (χ2v) is 11.5. The molecule has 0 amide bonds. The van der Waals surface area contributed by atoms with Crippen molar-refractivity contribution < 1.29 is 13.2 Å². The Balaban J connectivity index is 2.18. The molecule has 3 rings (SSSR count). The predicted octanol–water partition coefficient (Wildman–Crippen LogP) is 6.35. The van der Waals surface area contributed by atoms with Crippen LogP contribution in [0.5, 0.6) is 11.6 Å². The van der Waals surface area contributed by atoms with Crippen LogP contribution in [0.3, 0.4) is 0 Å². The number of ether oxygens (including phenoxy) is 1. The van der Waals surface area contributed by atoms with Gasteiger partial charge in [-0.25, -0.2) is 13.4 Å². The summed E-state index contributed by atoms with van der Waals surface area (Å²) in [6, 6.07) is 1.77. The lowest BCUT2D eigenvalue weighted by molar-refractivity contribution is 0.444. The molecule has 6 heteroatoms. The number of benzene rings is 2. The van der Waals surface area contributed by atoms with Crippen LogP contribution >= 0.6 is 0 Å². The van der Waals surface area contributed by atoms with E-state index >= 15 is 0 Å². The molecule has 0 atom stereocenters. The van der Waals surface area contributed by atoms with Gasteiger partial charge in [0.2, 0.25) is 20.9 Å². The molecule has 1 aromatic heterocycles. The molecule has 3 aromatic rings. The monoisotopic (exact) mass is 480 g/mol. The van der Waals surface area contributed by atoms with Crippen molar-refractivity contribution in [3.63, 3.8) is 0 Å². The lowest BCUT2D eigenvalue weighted by Gasteiger charge is -2.20. The SMILES string of the molecule is Cc1c(C)c(C)c(Cc2cc(Oc3c(C)c(C)c(C)c(C)c3C)nc(S(C)(=O)=O)n2)c(C)c1C. The molecule has 0 saturated carbocycles. The van der Waals surface area contributed by atoms with Crippen molar-refractivity contribution in [1.29, 1.82) is 0 Å².